The van der Waals surface area contributed by atoms with Crippen molar-refractivity contribution in [2.24, 2.45) is 0 Å². The van der Waals surface area contributed by atoms with E-state index >= 15 is 0 Å². The van der Waals surface area contributed by atoms with Gasteiger partial charge >= 0.3 is 12.0 Å². The maximum absolute atomic E-state index is 12.0. The minimum Gasteiger partial charge on any atom is -0.455 e. The molecule has 0 fully saturated rings. The highest BCUT2D eigenvalue weighted by Gasteiger charge is 2.13. The topological polar surface area (TPSA) is 94.3 Å². The summed E-state index contributed by atoms with van der Waals surface area (Å²) in [5.74, 6) is -0.764. The molecule has 0 radical (unpaired) electrons. The fraction of sp³-hybridized carbons (Fsp3) is 0.0909. The number of nitrogens with one attached hydrogen (secondary N) is 1. The van der Waals surface area contributed by atoms with Gasteiger partial charge in [0.05, 0.1) is 6.42 Å². The number of ether oxygens (including phenoxy) is 1. The van der Waals surface area contributed by atoms with E-state index in [4.69, 9.17) is 9.15 Å². The van der Waals surface area contributed by atoms with Crippen LogP contribution in [-0.2, 0) is 20.7 Å². The Morgan fingerprint density at radius 3 is 2.48 bits per heavy atom. The lowest BCUT2D eigenvalue weighted by molar-refractivity contribution is -0.146. The first-order chi connectivity index (χ1) is 14.2. The van der Waals surface area contributed by atoms with Crippen LogP contribution in [0.2, 0.25) is 0 Å². The molecule has 0 unspecified atom stereocenters. The highest BCUT2D eigenvalue weighted by Crippen LogP contribution is 2.19. The summed E-state index contributed by atoms with van der Waals surface area (Å²) in [4.78, 5) is 24.0. The Kier molecular flexibility index (Phi) is 5.29. The molecule has 29 heavy (non-hydrogen) atoms. The third-order valence-electron chi connectivity index (χ3n) is 4.22. The number of hydrogen-bond acceptors (Lipinski definition) is 6. The van der Waals surface area contributed by atoms with E-state index in [0.717, 1.165) is 21.9 Å². The number of anilines is 1. The van der Waals surface area contributed by atoms with E-state index < -0.39 is 18.5 Å². The van der Waals surface area contributed by atoms with Crippen LogP contribution in [0.15, 0.2) is 77.2 Å². The minimum absolute atomic E-state index is 0.0561. The van der Waals surface area contributed by atoms with Gasteiger partial charge in [-0.1, -0.05) is 65.8 Å². The Hall–Kier alpha value is -4.00. The number of rotatable bonds is 6. The van der Waals surface area contributed by atoms with E-state index in [1.165, 1.54) is 0 Å². The summed E-state index contributed by atoms with van der Waals surface area (Å²) in [6.07, 6.45) is 0.0802. The van der Waals surface area contributed by atoms with Gasteiger partial charge in [-0.25, -0.2) is 0 Å². The number of fused-ring (bicyclic) bond motifs is 1. The van der Waals surface area contributed by atoms with Gasteiger partial charge in [-0.15, -0.1) is 5.10 Å². The normalized spacial score (nSPS) is 10.6. The molecular formula is C22H17N3O4. The van der Waals surface area contributed by atoms with Crippen LogP contribution in [0.3, 0.4) is 0 Å². The Morgan fingerprint density at radius 1 is 0.897 bits per heavy atom. The van der Waals surface area contributed by atoms with Gasteiger partial charge in [0.2, 0.25) is 5.89 Å². The molecule has 3 aromatic carbocycles. The average Bonchev–Trinajstić information content (AvgIpc) is 3.21. The van der Waals surface area contributed by atoms with E-state index in [0.29, 0.717) is 0 Å². The summed E-state index contributed by atoms with van der Waals surface area (Å²) in [5, 5.41) is 12.2. The van der Waals surface area contributed by atoms with Crippen molar-refractivity contribution in [2.45, 2.75) is 6.42 Å². The Balaban J connectivity index is 1.29. The van der Waals surface area contributed by atoms with Gasteiger partial charge < -0.3 is 9.15 Å². The summed E-state index contributed by atoms with van der Waals surface area (Å²) >= 11 is 0. The number of amides is 1. The molecule has 0 spiro atoms. The molecule has 0 aliphatic rings. The van der Waals surface area contributed by atoms with Gasteiger partial charge in [-0.2, -0.15) is 0 Å². The van der Waals surface area contributed by atoms with Crippen LogP contribution in [0.25, 0.3) is 22.2 Å². The van der Waals surface area contributed by atoms with Gasteiger partial charge in [-0.05, 0) is 28.5 Å². The zero-order valence-electron chi connectivity index (χ0n) is 15.4. The molecule has 0 atom stereocenters. The standard InChI is InChI=1S/C22H17N3O4/c26-19(23-22-25-24-21(29-22)17-7-2-1-3-8-17)14-28-20(27)13-15-10-11-16-6-4-5-9-18(16)12-15/h1-12H,13-14H2,(H,23,25,26). The zero-order valence-corrected chi connectivity index (χ0v) is 15.4. The number of carbonyl (C=O) groups is 2. The van der Waals surface area contributed by atoms with E-state index in [1.54, 1.807) is 0 Å². The van der Waals surface area contributed by atoms with Gasteiger partial charge in [-0.3, -0.25) is 14.9 Å². The summed E-state index contributed by atoms with van der Waals surface area (Å²) in [6.45, 7) is -0.435. The molecule has 0 saturated heterocycles. The molecule has 1 aromatic heterocycles. The van der Waals surface area contributed by atoms with Crippen LogP contribution >= 0.6 is 0 Å². The third-order valence-corrected chi connectivity index (χ3v) is 4.22. The molecular weight excluding hydrogens is 370 g/mol. The third kappa shape index (κ3) is 4.65. The zero-order chi connectivity index (χ0) is 20.1. The summed E-state index contributed by atoms with van der Waals surface area (Å²) in [5.41, 5.74) is 1.56. The maximum Gasteiger partial charge on any atom is 0.322 e. The van der Waals surface area contributed by atoms with E-state index in [2.05, 4.69) is 15.5 Å². The second kappa shape index (κ2) is 8.35. The van der Waals surface area contributed by atoms with Crippen LogP contribution in [0.5, 0.6) is 0 Å². The van der Waals surface area contributed by atoms with Crippen molar-refractivity contribution in [1.29, 1.82) is 0 Å². The number of benzene rings is 3. The Labute approximate surface area is 166 Å². The monoisotopic (exact) mass is 387 g/mol. The van der Waals surface area contributed by atoms with Crippen molar-refractivity contribution in [3.8, 4) is 11.5 Å². The predicted molar refractivity (Wildman–Crippen MR) is 107 cm³/mol. The summed E-state index contributed by atoms with van der Waals surface area (Å²) in [7, 11) is 0. The van der Waals surface area contributed by atoms with Gasteiger partial charge in [0, 0.05) is 5.56 Å². The van der Waals surface area contributed by atoms with Crippen molar-refractivity contribution < 1.29 is 18.7 Å². The number of nitrogens with zero attached hydrogens (tertiary/aromatic N) is 2. The molecule has 4 rings (SSSR count). The van der Waals surface area contributed by atoms with Crippen molar-refractivity contribution in [1.82, 2.24) is 10.2 Å². The van der Waals surface area contributed by atoms with Crippen LogP contribution in [0, 0.1) is 0 Å². The molecule has 1 N–H and O–H groups in total. The van der Waals surface area contributed by atoms with Crippen LogP contribution in [0.4, 0.5) is 6.01 Å². The highest BCUT2D eigenvalue weighted by atomic mass is 16.5. The van der Waals surface area contributed by atoms with Crippen molar-refractivity contribution >= 4 is 28.7 Å². The van der Waals surface area contributed by atoms with Gasteiger partial charge in [0.15, 0.2) is 6.61 Å². The smallest absolute Gasteiger partial charge is 0.322 e. The molecule has 0 bridgehead atoms. The molecule has 0 aliphatic heterocycles. The molecule has 1 heterocycles. The van der Waals surface area contributed by atoms with Crippen molar-refractivity contribution in [2.75, 3.05) is 11.9 Å². The Morgan fingerprint density at radius 2 is 1.66 bits per heavy atom. The van der Waals surface area contributed by atoms with Crippen LogP contribution in [-0.4, -0.2) is 28.7 Å². The van der Waals surface area contributed by atoms with Gasteiger partial charge in [0.25, 0.3) is 5.91 Å². The average molecular weight is 387 g/mol. The lowest BCUT2D eigenvalue weighted by Gasteiger charge is -2.05. The number of aromatic nitrogens is 2. The summed E-state index contributed by atoms with van der Waals surface area (Å²) in [6, 6.07) is 22.7. The molecule has 7 heteroatoms. The summed E-state index contributed by atoms with van der Waals surface area (Å²) < 4.78 is 10.4. The second-order valence-electron chi connectivity index (χ2n) is 6.35. The maximum atomic E-state index is 12.0. The minimum atomic E-state index is -0.555. The van der Waals surface area contributed by atoms with E-state index in [1.807, 2.05) is 72.8 Å². The van der Waals surface area contributed by atoms with E-state index in [-0.39, 0.29) is 18.3 Å². The lowest BCUT2D eigenvalue weighted by Crippen LogP contribution is -2.21. The van der Waals surface area contributed by atoms with E-state index in [9.17, 15) is 9.59 Å². The molecule has 1 amide bonds. The molecule has 0 aliphatic carbocycles. The SMILES string of the molecule is O=C(COC(=O)Cc1ccc2ccccc2c1)Nc1nnc(-c2ccccc2)o1. The highest BCUT2D eigenvalue weighted by molar-refractivity contribution is 5.91. The van der Waals surface area contributed by atoms with Crippen molar-refractivity contribution in [3.63, 3.8) is 0 Å². The first kappa shape index (κ1) is 18.4. The molecule has 7 nitrogen and oxygen atoms in total. The Bertz CT molecular complexity index is 1150. The largest absolute Gasteiger partial charge is 0.455 e. The molecule has 144 valence electrons. The fourth-order valence-corrected chi connectivity index (χ4v) is 2.84. The van der Waals surface area contributed by atoms with Crippen molar-refractivity contribution in [3.05, 3.63) is 78.4 Å². The fourth-order valence-electron chi connectivity index (χ4n) is 2.84. The van der Waals surface area contributed by atoms with Crippen LogP contribution < -0.4 is 5.32 Å². The molecule has 0 saturated carbocycles. The number of hydrogen-bond donors (Lipinski definition) is 1. The number of esters is 1. The quantitative estimate of drug-likeness (QED) is 0.508. The van der Waals surface area contributed by atoms with Gasteiger partial charge in [0.1, 0.15) is 0 Å². The number of carbonyl (C=O) groups excluding carboxylic acids is 2. The first-order valence-corrected chi connectivity index (χ1v) is 8.99. The molecule has 4 aromatic rings. The first-order valence-electron chi connectivity index (χ1n) is 8.99. The van der Waals surface area contributed by atoms with Crippen LogP contribution in [0.1, 0.15) is 5.56 Å². The second-order valence-corrected chi connectivity index (χ2v) is 6.35. The lowest BCUT2D eigenvalue weighted by atomic mass is 10.1. The predicted octanol–water partition coefficient (Wildman–Crippen LogP) is 3.61.